The van der Waals surface area contributed by atoms with E-state index >= 15 is 0 Å². The predicted octanol–water partition coefficient (Wildman–Crippen LogP) is 4.30. The van der Waals surface area contributed by atoms with E-state index in [0.717, 1.165) is 35.7 Å². The summed E-state index contributed by atoms with van der Waals surface area (Å²) in [6, 6.07) is 13.9. The maximum absolute atomic E-state index is 13.3. The SMILES string of the molecule is C[C@H](C(=O)NC1CCCC1)N(Cc1cccc(Br)c1)C(=O)CCCN1C(=O)c2ccccc2C1=O. The zero-order valence-corrected chi connectivity index (χ0v) is 21.4. The number of imide groups is 1. The number of amides is 4. The molecule has 7 nitrogen and oxygen atoms in total. The first-order valence-corrected chi connectivity index (χ1v) is 12.9. The van der Waals surface area contributed by atoms with Crippen LogP contribution in [0.25, 0.3) is 0 Å². The standard InChI is InChI=1S/C27H30BrN3O4/c1-18(25(33)29-21-10-2-3-11-21)31(17-19-8-6-9-20(28)16-19)24(32)14-7-15-30-26(34)22-12-4-5-13-23(22)27(30)35/h4-6,8-9,12-13,16,18,21H,2-3,7,10-11,14-15,17H2,1H3,(H,29,33)/t18-/m1/s1. The van der Waals surface area contributed by atoms with E-state index in [4.69, 9.17) is 0 Å². The van der Waals surface area contributed by atoms with Crippen molar-refractivity contribution in [1.29, 1.82) is 0 Å². The first-order valence-electron chi connectivity index (χ1n) is 12.1. The lowest BCUT2D eigenvalue weighted by atomic mass is 10.1. The van der Waals surface area contributed by atoms with Crippen molar-refractivity contribution in [2.75, 3.05) is 6.54 Å². The van der Waals surface area contributed by atoms with Crippen molar-refractivity contribution in [3.05, 3.63) is 69.7 Å². The summed E-state index contributed by atoms with van der Waals surface area (Å²) in [6.45, 7) is 2.21. The maximum Gasteiger partial charge on any atom is 0.261 e. The minimum Gasteiger partial charge on any atom is -0.352 e. The molecule has 1 aliphatic heterocycles. The van der Waals surface area contributed by atoms with Gasteiger partial charge in [-0.2, -0.15) is 0 Å². The van der Waals surface area contributed by atoms with Gasteiger partial charge in [0.05, 0.1) is 11.1 Å². The quantitative estimate of drug-likeness (QED) is 0.481. The van der Waals surface area contributed by atoms with Gasteiger partial charge in [0.1, 0.15) is 6.04 Å². The fourth-order valence-electron chi connectivity index (χ4n) is 4.78. The fourth-order valence-corrected chi connectivity index (χ4v) is 5.23. The molecule has 0 saturated heterocycles. The molecule has 1 atom stereocenters. The number of carbonyl (C=O) groups is 4. The molecule has 4 amide bonds. The van der Waals surface area contributed by atoms with Crippen molar-refractivity contribution in [1.82, 2.24) is 15.1 Å². The van der Waals surface area contributed by atoms with E-state index in [9.17, 15) is 19.2 Å². The fraction of sp³-hybridized carbons (Fsp3) is 0.407. The largest absolute Gasteiger partial charge is 0.352 e. The molecule has 2 aliphatic rings. The number of fused-ring (bicyclic) bond motifs is 1. The number of carbonyl (C=O) groups excluding carboxylic acids is 4. The van der Waals surface area contributed by atoms with Crippen molar-refractivity contribution in [2.24, 2.45) is 0 Å². The number of halogens is 1. The molecule has 1 heterocycles. The zero-order valence-electron chi connectivity index (χ0n) is 19.8. The Balaban J connectivity index is 1.41. The van der Waals surface area contributed by atoms with Crippen LogP contribution in [0.4, 0.5) is 0 Å². The van der Waals surface area contributed by atoms with Gasteiger partial charge in [0.15, 0.2) is 0 Å². The molecule has 1 saturated carbocycles. The number of hydrogen-bond donors (Lipinski definition) is 1. The van der Waals surface area contributed by atoms with Crippen LogP contribution in [0.5, 0.6) is 0 Å². The van der Waals surface area contributed by atoms with Crippen LogP contribution in [0.15, 0.2) is 53.0 Å². The minimum atomic E-state index is -0.638. The van der Waals surface area contributed by atoms with Gasteiger partial charge in [0.25, 0.3) is 11.8 Å². The highest BCUT2D eigenvalue weighted by atomic mass is 79.9. The smallest absolute Gasteiger partial charge is 0.261 e. The van der Waals surface area contributed by atoms with Gasteiger partial charge in [-0.05, 0) is 56.0 Å². The molecule has 2 aromatic rings. The molecule has 184 valence electrons. The van der Waals surface area contributed by atoms with Crippen LogP contribution in [0.1, 0.15) is 71.7 Å². The van der Waals surface area contributed by atoms with Gasteiger partial charge >= 0.3 is 0 Å². The second-order valence-electron chi connectivity index (χ2n) is 9.23. The monoisotopic (exact) mass is 539 g/mol. The Labute approximate surface area is 214 Å². The van der Waals surface area contributed by atoms with Crippen LogP contribution in [0.3, 0.4) is 0 Å². The number of nitrogens with one attached hydrogen (secondary N) is 1. The van der Waals surface area contributed by atoms with Crippen LogP contribution in [0.2, 0.25) is 0 Å². The van der Waals surface area contributed by atoms with Gasteiger partial charge in [-0.15, -0.1) is 0 Å². The van der Waals surface area contributed by atoms with Gasteiger partial charge in [0, 0.05) is 30.0 Å². The Bertz CT molecular complexity index is 1090. The molecule has 8 heteroatoms. The number of hydrogen-bond acceptors (Lipinski definition) is 4. The van der Waals surface area contributed by atoms with E-state index < -0.39 is 6.04 Å². The van der Waals surface area contributed by atoms with Crippen LogP contribution in [-0.2, 0) is 16.1 Å². The number of rotatable bonds is 9. The van der Waals surface area contributed by atoms with Gasteiger partial charge in [-0.3, -0.25) is 24.1 Å². The van der Waals surface area contributed by atoms with Crippen molar-refractivity contribution >= 4 is 39.6 Å². The van der Waals surface area contributed by atoms with E-state index in [1.807, 2.05) is 24.3 Å². The summed E-state index contributed by atoms with van der Waals surface area (Å²) in [4.78, 5) is 54.3. The Morgan fingerprint density at radius 1 is 1.06 bits per heavy atom. The molecule has 0 aromatic heterocycles. The average Bonchev–Trinajstić information content (AvgIpc) is 3.44. The number of benzene rings is 2. The van der Waals surface area contributed by atoms with E-state index in [-0.39, 0.29) is 42.6 Å². The first-order chi connectivity index (χ1) is 16.8. The highest BCUT2D eigenvalue weighted by Gasteiger charge is 2.35. The van der Waals surface area contributed by atoms with Crippen LogP contribution >= 0.6 is 15.9 Å². The molecule has 1 N–H and O–H groups in total. The molecule has 2 aromatic carbocycles. The Morgan fingerprint density at radius 2 is 1.71 bits per heavy atom. The highest BCUT2D eigenvalue weighted by molar-refractivity contribution is 9.10. The summed E-state index contributed by atoms with van der Waals surface area (Å²) in [6.07, 6.45) is 4.62. The number of nitrogens with zero attached hydrogens (tertiary/aromatic N) is 2. The molecule has 35 heavy (non-hydrogen) atoms. The van der Waals surface area contributed by atoms with Crippen LogP contribution in [-0.4, -0.2) is 52.1 Å². The van der Waals surface area contributed by atoms with Crippen molar-refractivity contribution < 1.29 is 19.2 Å². The lowest BCUT2D eigenvalue weighted by Gasteiger charge is -2.30. The van der Waals surface area contributed by atoms with Gasteiger partial charge in [-0.25, -0.2) is 0 Å². The summed E-state index contributed by atoms with van der Waals surface area (Å²) in [5, 5.41) is 3.09. The lowest BCUT2D eigenvalue weighted by molar-refractivity contribution is -0.141. The summed E-state index contributed by atoms with van der Waals surface area (Å²) >= 11 is 3.46. The van der Waals surface area contributed by atoms with E-state index in [1.165, 1.54) is 4.90 Å². The zero-order chi connectivity index (χ0) is 24.9. The molecule has 1 fully saturated rings. The molecule has 0 spiro atoms. The third kappa shape index (κ3) is 5.81. The van der Waals surface area contributed by atoms with Gasteiger partial charge < -0.3 is 10.2 Å². The van der Waals surface area contributed by atoms with Crippen LogP contribution < -0.4 is 5.32 Å². The first kappa shape index (κ1) is 25.1. The molecule has 0 radical (unpaired) electrons. The van der Waals surface area contributed by atoms with Gasteiger partial charge in [-0.1, -0.05) is 53.0 Å². The highest BCUT2D eigenvalue weighted by Crippen LogP contribution is 2.23. The summed E-state index contributed by atoms with van der Waals surface area (Å²) in [7, 11) is 0. The molecule has 1 aliphatic carbocycles. The van der Waals surface area contributed by atoms with Crippen LogP contribution in [0, 0.1) is 0 Å². The average molecular weight is 540 g/mol. The molecule has 0 bridgehead atoms. The summed E-state index contributed by atoms with van der Waals surface area (Å²) in [5.74, 6) is -0.988. The van der Waals surface area contributed by atoms with E-state index in [1.54, 1.807) is 36.1 Å². The topological polar surface area (TPSA) is 86.8 Å². The summed E-state index contributed by atoms with van der Waals surface area (Å²) in [5.41, 5.74) is 1.71. The Hall–Kier alpha value is -3.00. The summed E-state index contributed by atoms with van der Waals surface area (Å²) < 4.78 is 0.899. The molecular weight excluding hydrogens is 510 g/mol. The third-order valence-corrected chi connectivity index (χ3v) is 7.25. The normalized spacial score (nSPS) is 16.3. The third-order valence-electron chi connectivity index (χ3n) is 6.76. The molecule has 0 unspecified atom stereocenters. The Morgan fingerprint density at radius 3 is 2.34 bits per heavy atom. The predicted molar refractivity (Wildman–Crippen MR) is 136 cm³/mol. The van der Waals surface area contributed by atoms with E-state index in [2.05, 4.69) is 21.2 Å². The van der Waals surface area contributed by atoms with Crippen molar-refractivity contribution in [3.8, 4) is 0 Å². The van der Waals surface area contributed by atoms with Crippen molar-refractivity contribution in [2.45, 2.75) is 64.1 Å². The van der Waals surface area contributed by atoms with Crippen molar-refractivity contribution in [3.63, 3.8) is 0 Å². The molecular formula is C27H30BrN3O4. The Kier molecular flexibility index (Phi) is 8.00. The van der Waals surface area contributed by atoms with Gasteiger partial charge in [0.2, 0.25) is 11.8 Å². The minimum absolute atomic E-state index is 0.127. The maximum atomic E-state index is 13.3. The lowest BCUT2D eigenvalue weighted by Crippen LogP contribution is -2.49. The second kappa shape index (κ2) is 11.2. The molecule has 4 rings (SSSR count). The van der Waals surface area contributed by atoms with E-state index in [0.29, 0.717) is 24.1 Å². The second-order valence-corrected chi connectivity index (χ2v) is 10.1.